The number of halogens is 2. The summed E-state index contributed by atoms with van der Waals surface area (Å²) in [5.74, 6) is 0.533. The van der Waals surface area contributed by atoms with E-state index in [1.165, 1.54) is 4.57 Å². The Labute approximate surface area is 149 Å². The van der Waals surface area contributed by atoms with Gasteiger partial charge in [0.15, 0.2) is 0 Å². The summed E-state index contributed by atoms with van der Waals surface area (Å²) in [7, 11) is 0. The second-order valence-corrected chi connectivity index (χ2v) is 6.08. The average molecular weight is 360 g/mol. The minimum absolute atomic E-state index is 0.281. The lowest BCUT2D eigenvalue weighted by Gasteiger charge is -2.10. The first kappa shape index (κ1) is 16.6. The van der Waals surface area contributed by atoms with E-state index >= 15 is 0 Å². The van der Waals surface area contributed by atoms with E-state index in [0.717, 1.165) is 5.56 Å². The highest BCUT2D eigenvalue weighted by molar-refractivity contribution is 6.35. The van der Waals surface area contributed by atoms with Gasteiger partial charge in [-0.25, -0.2) is 4.79 Å². The molecule has 0 aliphatic carbocycles. The monoisotopic (exact) mass is 359 g/mol. The molecular weight excluding hydrogens is 345 g/mol. The summed E-state index contributed by atoms with van der Waals surface area (Å²) in [5, 5.41) is 4.20. The molecule has 0 amide bonds. The molecule has 0 aliphatic heterocycles. The molecular formula is C18H15Cl2N3O. The molecule has 2 aromatic carbocycles. The molecule has 1 N–H and O–H groups in total. The molecule has 1 aromatic heterocycles. The van der Waals surface area contributed by atoms with Crippen LogP contribution >= 0.6 is 23.2 Å². The standard InChI is InChI=1S/C18H15Cl2N3O/c19-15-7-4-8-16(20)14(15)12-23-10-9-17(22-18(23)24)21-11-13-5-2-1-3-6-13/h1-10H,11-12H2,(H,21,22,24). The SMILES string of the molecule is O=c1nc(NCc2ccccc2)ccn1Cc1c(Cl)cccc1Cl. The van der Waals surface area contributed by atoms with Crippen LogP contribution in [0.25, 0.3) is 0 Å². The van der Waals surface area contributed by atoms with Crippen molar-refractivity contribution in [1.29, 1.82) is 0 Å². The first-order valence-electron chi connectivity index (χ1n) is 7.41. The smallest absolute Gasteiger partial charge is 0.349 e. The molecule has 3 aromatic rings. The van der Waals surface area contributed by atoms with Crippen molar-refractivity contribution in [2.75, 3.05) is 5.32 Å². The molecule has 122 valence electrons. The molecule has 1 heterocycles. The van der Waals surface area contributed by atoms with E-state index in [0.29, 0.717) is 28.0 Å². The van der Waals surface area contributed by atoms with Gasteiger partial charge in [0.2, 0.25) is 0 Å². The first-order valence-corrected chi connectivity index (χ1v) is 8.17. The van der Waals surface area contributed by atoms with Gasteiger partial charge in [-0.2, -0.15) is 4.98 Å². The molecule has 0 aliphatic rings. The summed E-state index contributed by atoms with van der Waals surface area (Å²) in [4.78, 5) is 16.3. The number of benzene rings is 2. The van der Waals surface area contributed by atoms with E-state index in [4.69, 9.17) is 23.2 Å². The fourth-order valence-electron chi connectivity index (χ4n) is 2.29. The van der Waals surface area contributed by atoms with Crippen molar-refractivity contribution >= 4 is 29.0 Å². The maximum atomic E-state index is 12.2. The highest BCUT2D eigenvalue weighted by Crippen LogP contribution is 2.24. The third kappa shape index (κ3) is 3.96. The van der Waals surface area contributed by atoms with Crippen molar-refractivity contribution in [3.63, 3.8) is 0 Å². The molecule has 6 heteroatoms. The summed E-state index contributed by atoms with van der Waals surface area (Å²) < 4.78 is 1.47. The Morgan fingerprint density at radius 3 is 2.33 bits per heavy atom. The fourth-order valence-corrected chi connectivity index (χ4v) is 2.81. The Kier molecular flexibility index (Phi) is 5.18. The lowest BCUT2D eigenvalue weighted by Crippen LogP contribution is -2.24. The van der Waals surface area contributed by atoms with Gasteiger partial charge in [-0.3, -0.25) is 4.57 Å². The predicted octanol–water partition coefficient (Wildman–Crippen LogP) is 4.21. The Morgan fingerprint density at radius 2 is 1.67 bits per heavy atom. The van der Waals surface area contributed by atoms with Gasteiger partial charge in [0, 0.05) is 28.4 Å². The zero-order valence-electron chi connectivity index (χ0n) is 12.7. The minimum atomic E-state index is -0.357. The van der Waals surface area contributed by atoms with Crippen molar-refractivity contribution in [3.05, 3.63) is 92.5 Å². The van der Waals surface area contributed by atoms with Crippen LogP contribution < -0.4 is 11.0 Å². The van der Waals surface area contributed by atoms with E-state index in [1.54, 1.807) is 30.5 Å². The van der Waals surface area contributed by atoms with Crippen molar-refractivity contribution in [1.82, 2.24) is 9.55 Å². The minimum Gasteiger partial charge on any atom is -0.366 e. The molecule has 4 nitrogen and oxygen atoms in total. The van der Waals surface area contributed by atoms with E-state index < -0.39 is 0 Å². The van der Waals surface area contributed by atoms with Gasteiger partial charge in [0.05, 0.1) is 6.54 Å². The topological polar surface area (TPSA) is 46.9 Å². The van der Waals surface area contributed by atoms with Crippen molar-refractivity contribution in [3.8, 4) is 0 Å². The van der Waals surface area contributed by atoms with Crippen molar-refractivity contribution < 1.29 is 0 Å². The average Bonchev–Trinajstić information content (AvgIpc) is 2.59. The van der Waals surface area contributed by atoms with Gasteiger partial charge in [-0.1, -0.05) is 59.6 Å². The summed E-state index contributed by atoms with van der Waals surface area (Å²) >= 11 is 12.3. The Bertz CT molecular complexity index is 874. The lowest BCUT2D eigenvalue weighted by molar-refractivity contribution is 0.728. The Balaban J connectivity index is 1.74. The molecule has 0 radical (unpaired) electrons. The molecule has 0 atom stereocenters. The largest absolute Gasteiger partial charge is 0.366 e. The summed E-state index contributed by atoms with van der Waals surface area (Å²) in [5.41, 5.74) is 1.46. The second kappa shape index (κ2) is 7.51. The Hall–Kier alpha value is -2.30. The van der Waals surface area contributed by atoms with Crippen LogP contribution in [0.5, 0.6) is 0 Å². The normalized spacial score (nSPS) is 10.6. The van der Waals surface area contributed by atoms with Crippen molar-refractivity contribution in [2.45, 2.75) is 13.1 Å². The molecule has 0 fully saturated rings. The number of aromatic nitrogens is 2. The van der Waals surface area contributed by atoms with Gasteiger partial charge in [0.25, 0.3) is 0 Å². The van der Waals surface area contributed by atoms with Crippen LogP contribution in [0.15, 0.2) is 65.6 Å². The third-order valence-electron chi connectivity index (χ3n) is 3.58. The number of hydrogen-bond acceptors (Lipinski definition) is 3. The molecule has 24 heavy (non-hydrogen) atoms. The highest BCUT2D eigenvalue weighted by atomic mass is 35.5. The maximum absolute atomic E-state index is 12.2. The van der Waals surface area contributed by atoms with E-state index in [2.05, 4.69) is 10.3 Å². The predicted molar refractivity (Wildman–Crippen MR) is 97.8 cm³/mol. The molecule has 0 saturated carbocycles. The molecule has 0 bridgehead atoms. The van der Waals surface area contributed by atoms with Crippen LogP contribution in [0.1, 0.15) is 11.1 Å². The Morgan fingerprint density at radius 1 is 0.958 bits per heavy atom. The van der Waals surface area contributed by atoms with Crippen molar-refractivity contribution in [2.24, 2.45) is 0 Å². The highest BCUT2D eigenvalue weighted by Gasteiger charge is 2.08. The number of anilines is 1. The fraction of sp³-hybridized carbons (Fsp3) is 0.111. The molecule has 3 rings (SSSR count). The molecule has 0 spiro atoms. The second-order valence-electron chi connectivity index (χ2n) is 5.26. The number of nitrogens with zero attached hydrogens (tertiary/aromatic N) is 2. The number of rotatable bonds is 5. The molecule has 0 saturated heterocycles. The van der Waals surface area contributed by atoms with Gasteiger partial charge in [0.1, 0.15) is 5.82 Å². The van der Waals surface area contributed by atoms with Gasteiger partial charge >= 0.3 is 5.69 Å². The maximum Gasteiger partial charge on any atom is 0.349 e. The zero-order chi connectivity index (χ0) is 16.9. The number of hydrogen-bond donors (Lipinski definition) is 1. The third-order valence-corrected chi connectivity index (χ3v) is 4.29. The van der Waals surface area contributed by atoms with Gasteiger partial charge < -0.3 is 5.32 Å². The first-order chi connectivity index (χ1) is 11.6. The lowest BCUT2D eigenvalue weighted by atomic mass is 10.2. The van der Waals surface area contributed by atoms with Crippen LogP contribution in [0.2, 0.25) is 10.0 Å². The van der Waals surface area contributed by atoms with Crippen LogP contribution in [0.3, 0.4) is 0 Å². The van der Waals surface area contributed by atoms with Crippen LogP contribution in [0.4, 0.5) is 5.82 Å². The van der Waals surface area contributed by atoms with Gasteiger partial charge in [-0.15, -0.1) is 0 Å². The van der Waals surface area contributed by atoms with Gasteiger partial charge in [-0.05, 0) is 23.8 Å². The van der Waals surface area contributed by atoms with E-state index in [9.17, 15) is 4.79 Å². The summed E-state index contributed by atoms with van der Waals surface area (Å²) in [6, 6.07) is 16.9. The summed E-state index contributed by atoms with van der Waals surface area (Å²) in [6.45, 7) is 0.886. The van der Waals surface area contributed by atoms with Crippen LogP contribution in [-0.2, 0) is 13.1 Å². The number of nitrogens with one attached hydrogen (secondary N) is 1. The quantitative estimate of drug-likeness (QED) is 0.742. The van der Waals surface area contributed by atoms with Crippen LogP contribution in [-0.4, -0.2) is 9.55 Å². The van der Waals surface area contributed by atoms with Crippen LogP contribution in [0, 0.1) is 0 Å². The van der Waals surface area contributed by atoms with E-state index in [1.807, 2.05) is 30.3 Å². The molecule has 0 unspecified atom stereocenters. The van der Waals surface area contributed by atoms with E-state index in [-0.39, 0.29) is 12.2 Å². The summed E-state index contributed by atoms with van der Waals surface area (Å²) in [6.07, 6.45) is 1.68. The zero-order valence-corrected chi connectivity index (χ0v) is 14.3.